The third-order valence-electron chi connectivity index (χ3n) is 5.94. The lowest BCUT2D eigenvalue weighted by Gasteiger charge is -2.41. The molecule has 1 saturated heterocycles. The summed E-state index contributed by atoms with van der Waals surface area (Å²) in [4.78, 5) is 14.7. The number of nitrogens with zero attached hydrogens (tertiary/aromatic N) is 4. The minimum atomic E-state index is 0.184. The van der Waals surface area contributed by atoms with E-state index in [0.717, 1.165) is 31.0 Å². The molecule has 2 heterocycles. The number of rotatable bonds is 4. The van der Waals surface area contributed by atoms with Crippen LogP contribution in [0.5, 0.6) is 0 Å². The molecular weight excluding hydrogens is 358 g/mol. The summed E-state index contributed by atoms with van der Waals surface area (Å²) in [5.41, 5.74) is 2.11. The number of carbonyl (C=O) groups excluding carboxylic acids is 1. The van der Waals surface area contributed by atoms with E-state index >= 15 is 0 Å². The maximum Gasteiger partial charge on any atom is 0.233 e. The molecule has 2 aliphatic rings. The lowest BCUT2D eigenvalue weighted by molar-refractivity contribution is -0.131. The second kappa shape index (κ2) is 7.92. The van der Waals surface area contributed by atoms with Crippen molar-refractivity contribution in [1.29, 1.82) is 0 Å². The molecule has 1 saturated carbocycles. The van der Waals surface area contributed by atoms with Gasteiger partial charge in [-0.25, -0.2) is 4.68 Å². The van der Waals surface area contributed by atoms with E-state index in [4.69, 9.17) is 5.84 Å². The summed E-state index contributed by atoms with van der Waals surface area (Å²) in [6.45, 7) is 3.86. The zero-order valence-electron chi connectivity index (χ0n) is 15.8. The van der Waals surface area contributed by atoms with Crippen LogP contribution in [0, 0.1) is 18.8 Å². The molecule has 1 aliphatic heterocycles. The lowest BCUT2D eigenvalue weighted by atomic mass is 9.75. The maximum absolute atomic E-state index is 12.7. The average Bonchev–Trinajstić information content (AvgIpc) is 3.07. The highest BCUT2D eigenvalue weighted by molar-refractivity contribution is 7.99. The number of fused-ring (bicyclic) bond motifs is 1. The van der Waals surface area contributed by atoms with Gasteiger partial charge in [0.1, 0.15) is 0 Å². The number of aromatic nitrogens is 3. The Hall–Kier alpha value is -2.02. The number of amides is 1. The molecule has 1 aliphatic carbocycles. The van der Waals surface area contributed by atoms with Crippen molar-refractivity contribution in [2.45, 2.75) is 44.2 Å². The Morgan fingerprint density at radius 3 is 2.67 bits per heavy atom. The van der Waals surface area contributed by atoms with Gasteiger partial charge >= 0.3 is 0 Å². The zero-order chi connectivity index (χ0) is 18.8. The number of aryl methyl sites for hydroxylation is 1. The third-order valence-corrected chi connectivity index (χ3v) is 6.87. The Balaban J connectivity index is 1.36. The largest absolute Gasteiger partial charge is 0.342 e. The molecule has 1 amide bonds. The highest BCUT2D eigenvalue weighted by atomic mass is 32.2. The molecular formula is C20H27N5OS. The summed E-state index contributed by atoms with van der Waals surface area (Å²) in [5, 5.41) is 8.96. The van der Waals surface area contributed by atoms with E-state index in [1.54, 1.807) is 0 Å². The monoisotopic (exact) mass is 385 g/mol. The molecule has 1 aromatic carbocycles. The second-order valence-electron chi connectivity index (χ2n) is 7.76. The van der Waals surface area contributed by atoms with Crippen molar-refractivity contribution in [3.8, 4) is 11.4 Å². The molecule has 4 rings (SSSR count). The molecule has 0 spiro atoms. The number of thioether (sulfide) groups is 1. The summed E-state index contributed by atoms with van der Waals surface area (Å²) in [6.07, 6.45) is 6.46. The minimum Gasteiger partial charge on any atom is -0.342 e. The number of benzene rings is 1. The number of hydrogen-bond donors (Lipinski definition) is 1. The van der Waals surface area contributed by atoms with E-state index < -0.39 is 0 Å². The maximum atomic E-state index is 12.7. The minimum absolute atomic E-state index is 0.184. The van der Waals surface area contributed by atoms with Crippen LogP contribution in [0.4, 0.5) is 0 Å². The molecule has 144 valence electrons. The molecule has 1 aromatic heterocycles. The topological polar surface area (TPSA) is 77.0 Å². The first kappa shape index (κ1) is 18.3. The van der Waals surface area contributed by atoms with Crippen molar-refractivity contribution in [2.75, 3.05) is 24.7 Å². The number of carbonyl (C=O) groups is 1. The van der Waals surface area contributed by atoms with Gasteiger partial charge in [-0.15, -0.1) is 10.2 Å². The predicted molar refractivity (Wildman–Crippen MR) is 108 cm³/mol. The van der Waals surface area contributed by atoms with Gasteiger partial charge < -0.3 is 10.7 Å². The highest BCUT2D eigenvalue weighted by Gasteiger charge is 2.32. The number of nitrogen functional groups attached to an aromatic ring is 1. The third kappa shape index (κ3) is 3.98. The van der Waals surface area contributed by atoms with Crippen LogP contribution in [0.1, 0.15) is 37.7 Å². The normalized spacial score (nSPS) is 22.5. The fraction of sp³-hybridized carbons (Fsp3) is 0.550. The van der Waals surface area contributed by atoms with Crippen LogP contribution >= 0.6 is 11.8 Å². The van der Waals surface area contributed by atoms with E-state index in [-0.39, 0.29) is 5.91 Å². The zero-order valence-corrected chi connectivity index (χ0v) is 16.6. The first-order valence-corrected chi connectivity index (χ1v) is 10.8. The molecule has 2 fully saturated rings. The Labute approximate surface area is 164 Å². The van der Waals surface area contributed by atoms with Gasteiger partial charge in [0.25, 0.3) is 0 Å². The number of piperidine rings is 1. The van der Waals surface area contributed by atoms with Crippen LogP contribution in [-0.2, 0) is 4.79 Å². The van der Waals surface area contributed by atoms with Crippen LogP contribution in [0.15, 0.2) is 29.4 Å². The van der Waals surface area contributed by atoms with Crippen molar-refractivity contribution in [3.63, 3.8) is 0 Å². The van der Waals surface area contributed by atoms with Crippen molar-refractivity contribution < 1.29 is 4.79 Å². The Bertz CT molecular complexity index is 803. The van der Waals surface area contributed by atoms with Gasteiger partial charge in [0.15, 0.2) is 5.82 Å². The van der Waals surface area contributed by atoms with Crippen LogP contribution in [-0.4, -0.2) is 44.5 Å². The fourth-order valence-corrected chi connectivity index (χ4v) is 5.08. The summed E-state index contributed by atoms with van der Waals surface area (Å²) < 4.78 is 1.48. The van der Waals surface area contributed by atoms with Gasteiger partial charge in [-0.3, -0.25) is 4.79 Å². The van der Waals surface area contributed by atoms with E-state index in [2.05, 4.69) is 10.2 Å². The first-order chi connectivity index (χ1) is 13.1. The Morgan fingerprint density at radius 1 is 1.15 bits per heavy atom. The quantitative estimate of drug-likeness (QED) is 0.646. The van der Waals surface area contributed by atoms with E-state index in [1.165, 1.54) is 47.7 Å². The van der Waals surface area contributed by atoms with Crippen LogP contribution < -0.4 is 5.84 Å². The highest BCUT2D eigenvalue weighted by Crippen LogP contribution is 2.36. The van der Waals surface area contributed by atoms with Crippen molar-refractivity contribution in [3.05, 3.63) is 29.8 Å². The molecule has 0 unspecified atom stereocenters. The molecule has 7 heteroatoms. The van der Waals surface area contributed by atoms with Crippen LogP contribution in [0.25, 0.3) is 11.4 Å². The number of hydrogen-bond acceptors (Lipinski definition) is 5. The molecule has 6 nitrogen and oxygen atoms in total. The Morgan fingerprint density at radius 2 is 1.89 bits per heavy atom. The van der Waals surface area contributed by atoms with E-state index in [9.17, 15) is 4.79 Å². The molecule has 27 heavy (non-hydrogen) atoms. The van der Waals surface area contributed by atoms with Crippen molar-refractivity contribution in [1.82, 2.24) is 19.8 Å². The van der Waals surface area contributed by atoms with Gasteiger partial charge in [0.2, 0.25) is 11.1 Å². The summed E-state index contributed by atoms with van der Waals surface area (Å²) >= 11 is 1.37. The van der Waals surface area contributed by atoms with Crippen molar-refractivity contribution in [2.24, 2.45) is 11.8 Å². The Kier molecular flexibility index (Phi) is 5.38. The average molecular weight is 386 g/mol. The molecule has 0 radical (unpaired) electrons. The summed E-state index contributed by atoms with van der Waals surface area (Å²) in [7, 11) is 0. The SMILES string of the molecule is Cc1ccc(-c2nnc(SCC(=O)N3CC[C@@H]4CCCC[C@H]4C3)n2N)cc1. The van der Waals surface area contributed by atoms with Gasteiger partial charge in [-0.1, -0.05) is 60.9 Å². The van der Waals surface area contributed by atoms with Gasteiger partial charge in [0, 0.05) is 18.7 Å². The fourth-order valence-electron chi connectivity index (χ4n) is 4.32. The van der Waals surface area contributed by atoms with E-state index in [1.807, 2.05) is 36.1 Å². The summed E-state index contributed by atoms with van der Waals surface area (Å²) in [5.74, 6) is 8.87. The molecule has 0 bridgehead atoms. The molecule has 2 N–H and O–H groups in total. The molecule has 2 atom stereocenters. The first-order valence-electron chi connectivity index (χ1n) is 9.80. The number of nitrogens with two attached hydrogens (primary N) is 1. The second-order valence-corrected chi connectivity index (χ2v) is 8.71. The van der Waals surface area contributed by atoms with Crippen LogP contribution in [0.2, 0.25) is 0 Å². The van der Waals surface area contributed by atoms with Crippen molar-refractivity contribution >= 4 is 17.7 Å². The summed E-state index contributed by atoms with van der Waals surface area (Å²) in [6, 6.07) is 8.01. The predicted octanol–water partition coefficient (Wildman–Crippen LogP) is 3.10. The number of likely N-dealkylation sites (tertiary alicyclic amines) is 1. The van der Waals surface area contributed by atoms with E-state index in [0.29, 0.717) is 22.7 Å². The standard InChI is InChI=1S/C20H27N5OS/c1-14-6-8-16(9-7-14)19-22-23-20(25(19)21)27-13-18(26)24-11-10-15-4-2-3-5-17(15)12-24/h6-9,15,17H,2-5,10-13,21H2,1H3/t15-,17-/m0/s1. The smallest absolute Gasteiger partial charge is 0.233 e. The van der Waals surface area contributed by atoms with Gasteiger partial charge in [0.05, 0.1) is 5.75 Å². The van der Waals surface area contributed by atoms with Gasteiger partial charge in [-0.05, 0) is 31.6 Å². The molecule has 2 aromatic rings. The van der Waals surface area contributed by atoms with Crippen LogP contribution in [0.3, 0.4) is 0 Å². The lowest BCUT2D eigenvalue weighted by Crippen LogP contribution is -2.45. The van der Waals surface area contributed by atoms with Gasteiger partial charge in [-0.2, -0.15) is 0 Å².